The van der Waals surface area contributed by atoms with Crippen LogP contribution in [0.5, 0.6) is 5.75 Å². The van der Waals surface area contributed by atoms with Crippen molar-refractivity contribution in [2.24, 2.45) is 0 Å². The Hall–Kier alpha value is -2.30. The number of hydrogen-bond acceptors (Lipinski definition) is 3. The standard InChI is InChI=1S/C13H14N2O3/c1-9(14-7-16)4-10-6-15(8-17)13-3-2-11(18)5-12(10)13/h2-3,5-9,18H,4H2,1H3,(H,14,16). The Morgan fingerprint density at radius 1 is 1.44 bits per heavy atom. The van der Waals surface area contributed by atoms with Crippen molar-refractivity contribution < 1.29 is 14.7 Å². The Labute approximate surface area is 104 Å². The molecule has 1 aromatic heterocycles. The molecule has 18 heavy (non-hydrogen) atoms. The number of nitrogens with one attached hydrogen (secondary N) is 1. The van der Waals surface area contributed by atoms with E-state index in [1.54, 1.807) is 24.4 Å². The smallest absolute Gasteiger partial charge is 0.218 e. The first-order valence-corrected chi connectivity index (χ1v) is 5.63. The zero-order chi connectivity index (χ0) is 13.1. The van der Waals surface area contributed by atoms with E-state index in [2.05, 4.69) is 5.32 Å². The summed E-state index contributed by atoms with van der Waals surface area (Å²) in [5.41, 5.74) is 1.66. The van der Waals surface area contributed by atoms with Gasteiger partial charge in [0, 0.05) is 17.6 Å². The second-order valence-electron chi connectivity index (χ2n) is 4.26. The van der Waals surface area contributed by atoms with Crippen LogP contribution >= 0.6 is 0 Å². The number of fused-ring (bicyclic) bond motifs is 1. The van der Waals surface area contributed by atoms with Gasteiger partial charge in [0.15, 0.2) is 0 Å². The monoisotopic (exact) mass is 246 g/mol. The first kappa shape index (κ1) is 12.2. The molecule has 2 rings (SSSR count). The van der Waals surface area contributed by atoms with Crippen molar-refractivity contribution in [2.75, 3.05) is 0 Å². The van der Waals surface area contributed by atoms with Gasteiger partial charge in [-0.1, -0.05) is 0 Å². The number of benzene rings is 1. The third-order valence-electron chi connectivity index (χ3n) is 2.89. The lowest BCUT2D eigenvalue weighted by atomic mass is 10.1. The summed E-state index contributed by atoms with van der Waals surface area (Å²) >= 11 is 0. The van der Waals surface area contributed by atoms with Crippen LogP contribution in [-0.4, -0.2) is 28.5 Å². The number of hydrogen-bond donors (Lipinski definition) is 2. The summed E-state index contributed by atoms with van der Waals surface area (Å²) < 4.78 is 1.47. The van der Waals surface area contributed by atoms with Gasteiger partial charge >= 0.3 is 0 Å². The van der Waals surface area contributed by atoms with Crippen LogP contribution in [0.25, 0.3) is 10.9 Å². The van der Waals surface area contributed by atoms with Crippen molar-refractivity contribution in [1.82, 2.24) is 9.88 Å². The van der Waals surface area contributed by atoms with E-state index in [-0.39, 0.29) is 11.8 Å². The maximum atomic E-state index is 11.0. The topological polar surface area (TPSA) is 71.3 Å². The molecular formula is C13H14N2O3. The average molecular weight is 246 g/mol. The number of phenols is 1. The predicted octanol–water partition coefficient (Wildman–Crippen LogP) is 1.06. The summed E-state index contributed by atoms with van der Waals surface area (Å²) in [4.78, 5) is 21.3. The summed E-state index contributed by atoms with van der Waals surface area (Å²) in [6, 6.07) is 4.83. The minimum absolute atomic E-state index is 0.0319. The molecule has 0 saturated carbocycles. The van der Waals surface area contributed by atoms with Gasteiger partial charge in [-0.25, -0.2) is 0 Å². The van der Waals surface area contributed by atoms with E-state index in [1.165, 1.54) is 4.57 Å². The molecule has 0 spiro atoms. The molecule has 1 unspecified atom stereocenters. The molecule has 2 aromatic rings. The van der Waals surface area contributed by atoms with E-state index < -0.39 is 0 Å². The molecule has 5 nitrogen and oxygen atoms in total. The van der Waals surface area contributed by atoms with Crippen molar-refractivity contribution >= 4 is 23.7 Å². The van der Waals surface area contributed by atoms with Gasteiger partial charge in [-0.2, -0.15) is 0 Å². The molecule has 0 saturated heterocycles. The Kier molecular flexibility index (Phi) is 3.32. The molecule has 0 bridgehead atoms. The molecule has 1 amide bonds. The molecule has 94 valence electrons. The highest BCUT2D eigenvalue weighted by molar-refractivity contribution is 5.89. The van der Waals surface area contributed by atoms with Crippen LogP contribution < -0.4 is 5.32 Å². The fourth-order valence-corrected chi connectivity index (χ4v) is 2.07. The van der Waals surface area contributed by atoms with Gasteiger partial charge in [0.2, 0.25) is 12.8 Å². The number of aromatic nitrogens is 1. The molecule has 0 radical (unpaired) electrons. The molecule has 0 aliphatic heterocycles. The summed E-state index contributed by atoms with van der Waals surface area (Å²) in [5, 5.41) is 13.0. The first-order chi connectivity index (χ1) is 8.65. The normalized spacial score (nSPS) is 12.3. The van der Waals surface area contributed by atoms with Gasteiger partial charge < -0.3 is 10.4 Å². The number of nitrogens with zero attached hydrogens (tertiary/aromatic N) is 1. The summed E-state index contributed by atoms with van der Waals surface area (Å²) in [5.74, 6) is 0.156. The van der Waals surface area contributed by atoms with E-state index in [4.69, 9.17) is 0 Å². The van der Waals surface area contributed by atoms with Gasteiger partial charge in [0.05, 0.1) is 5.52 Å². The van der Waals surface area contributed by atoms with E-state index >= 15 is 0 Å². The number of carbonyl (C=O) groups excluding carboxylic acids is 2. The minimum Gasteiger partial charge on any atom is -0.508 e. The Morgan fingerprint density at radius 3 is 2.89 bits per heavy atom. The van der Waals surface area contributed by atoms with Crippen LogP contribution in [0.3, 0.4) is 0 Å². The number of rotatable bonds is 5. The molecule has 1 aromatic carbocycles. The van der Waals surface area contributed by atoms with Crippen molar-refractivity contribution in [2.45, 2.75) is 19.4 Å². The van der Waals surface area contributed by atoms with Crippen LogP contribution in [0.15, 0.2) is 24.4 Å². The van der Waals surface area contributed by atoms with Crippen molar-refractivity contribution in [3.05, 3.63) is 30.0 Å². The number of aromatic hydroxyl groups is 1. The minimum atomic E-state index is -0.0319. The number of amides is 1. The van der Waals surface area contributed by atoms with Crippen LogP contribution in [0, 0.1) is 0 Å². The first-order valence-electron chi connectivity index (χ1n) is 5.63. The number of carbonyl (C=O) groups is 2. The lowest BCUT2D eigenvalue weighted by Crippen LogP contribution is -2.26. The third kappa shape index (κ3) is 2.20. The predicted molar refractivity (Wildman–Crippen MR) is 68.1 cm³/mol. The summed E-state index contributed by atoms with van der Waals surface area (Å²) in [6.45, 7) is 1.88. The molecule has 0 fully saturated rings. The highest BCUT2D eigenvalue weighted by Gasteiger charge is 2.11. The highest BCUT2D eigenvalue weighted by atomic mass is 16.3. The van der Waals surface area contributed by atoms with Gasteiger partial charge in [0.25, 0.3) is 0 Å². The lowest BCUT2D eigenvalue weighted by molar-refractivity contribution is -0.110. The van der Waals surface area contributed by atoms with Crippen LogP contribution in [0.1, 0.15) is 12.5 Å². The van der Waals surface area contributed by atoms with Gasteiger partial charge in [-0.05, 0) is 37.1 Å². The molecule has 1 atom stereocenters. The van der Waals surface area contributed by atoms with Crippen molar-refractivity contribution in [3.8, 4) is 5.75 Å². The third-order valence-corrected chi connectivity index (χ3v) is 2.89. The van der Waals surface area contributed by atoms with Crippen LogP contribution in [0.2, 0.25) is 0 Å². The fraction of sp³-hybridized carbons (Fsp3) is 0.231. The quantitative estimate of drug-likeness (QED) is 0.775. The zero-order valence-electron chi connectivity index (χ0n) is 9.96. The Balaban J connectivity index is 2.46. The van der Waals surface area contributed by atoms with E-state index in [9.17, 15) is 14.7 Å². The van der Waals surface area contributed by atoms with E-state index in [0.717, 1.165) is 22.9 Å². The van der Waals surface area contributed by atoms with Crippen LogP contribution in [0.4, 0.5) is 0 Å². The maximum absolute atomic E-state index is 11.0. The van der Waals surface area contributed by atoms with E-state index in [1.807, 2.05) is 6.92 Å². The Morgan fingerprint density at radius 2 is 2.22 bits per heavy atom. The van der Waals surface area contributed by atoms with Gasteiger partial charge in [0.1, 0.15) is 5.75 Å². The molecule has 5 heteroatoms. The molecule has 1 heterocycles. The maximum Gasteiger partial charge on any atom is 0.218 e. The second kappa shape index (κ2) is 4.91. The molecule has 0 aliphatic carbocycles. The largest absolute Gasteiger partial charge is 0.508 e. The zero-order valence-corrected chi connectivity index (χ0v) is 9.96. The van der Waals surface area contributed by atoms with Crippen molar-refractivity contribution in [1.29, 1.82) is 0 Å². The van der Waals surface area contributed by atoms with Crippen molar-refractivity contribution in [3.63, 3.8) is 0 Å². The molecule has 2 N–H and O–H groups in total. The number of phenolic OH excluding ortho intramolecular Hbond substituents is 1. The van der Waals surface area contributed by atoms with Gasteiger partial charge in [-0.3, -0.25) is 14.2 Å². The molecular weight excluding hydrogens is 232 g/mol. The fourth-order valence-electron chi connectivity index (χ4n) is 2.07. The summed E-state index contributed by atoms with van der Waals surface area (Å²) in [6.07, 6.45) is 3.70. The highest BCUT2D eigenvalue weighted by Crippen LogP contribution is 2.25. The SMILES string of the molecule is CC(Cc1cn(C=O)c2ccc(O)cc12)NC=O. The Bertz CT molecular complexity index is 589. The molecule has 0 aliphatic rings. The summed E-state index contributed by atoms with van der Waals surface area (Å²) in [7, 11) is 0. The van der Waals surface area contributed by atoms with Crippen LogP contribution in [-0.2, 0) is 16.0 Å². The van der Waals surface area contributed by atoms with Gasteiger partial charge in [-0.15, -0.1) is 0 Å². The average Bonchev–Trinajstić information content (AvgIpc) is 2.67. The second-order valence-corrected chi connectivity index (χ2v) is 4.26. The van der Waals surface area contributed by atoms with E-state index in [0.29, 0.717) is 12.8 Å². The lowest BCUT2D eigenvalue weighted by Gasteiger charge is -2.08.